The van der Waals surface area contributed by atoms with E-state index in [4.69, 9.17) is 14.1 Å². The molecule has 4 rings (SSSR count). The second-order valence-electron chi connectivity index (χ2n) is 7.58. The number of hydrogen-bond acceptors (Lipinski definition) is 6. The fourth-order valence-corrected chi connectivity index (χ4v) is 3.78. The predicted octanol–water partition coefficient (Wildman–Crippen LogP) is 0.604. The number of morpholine rings is 1. The van der Waals surface area contributed by atoms with Gasteiger partial charge in [0.05, 0.1) is 32.6 Å². The molecule has 0 amide bonds. The molecule has 2 aromatic heterocycles. The quantitative estimate of drug-likeness (QED) is 0.519. The number of aryl methyl sites for hydroxylation is 2. The van der Waals surface area contributed by atoms with Crippen LogP contribution in [0.3, 0.4) is 0 Å². The van der Waals surface area contributed by atoms with E-state index < -0.39 is 0 Å². The first-order valence-corrected chi connectivity index (χ1v) is 10.5. The number of rotatable bonds is 7. The smallest absolute Gasteiger partial charge is 0.191 e. The summed E-state index contributed by atoms with van der Waals surface area (Å²) in [6.45, 7) is 8.86. The zero-order valence-corrected chi connectivity index (χ0v) is 17.1. The average molecular weight is 402 g/mol. The largest absolute Gasteiger partial charge is 0.469 e. The van der Waals surface area contributed by atoms with Crippen LogP contribution in [0.2, 0.25) is 0 Å². The van der Waals surface area contributed by atoms with E-state index in [1.54, 1.807) is 6.26 Å². The van der Waals surface area contributed by atoms with Crippen LogP contribution < -0.4 is 10.6 Å². The molecule has 9 heteroatoms. The Kier molecular flexibility index (Phi) is 6.79. The maximum Gasteiger partial charge on any atom is 0.191 e. The van der Waals surface area contributed by atoms with Crippen LogP contribution in [0.25, 0.3) is 0 Å². The molecule has 158 valence electrons. The van der Waals surface area contributed by atoms with Gasteiger partial charge in [-0.15, -0.1) is 0 Å². The van der Waals surface area contributed by atoms with Crippen LogP contribution in [0, 0.1) is 6.92 Å². The number of aliphatic imine (C=N–C) groups is 1. The number of hydrogen-bond donors (Lipinski definition) is 2. The first kappa shape index (κ1) is 19.9. The number of aromatic nitrogens is 3. The molecule has 0 bridgehead atoms. The van der Waals surface area contributed by atoms with Crippen LogP contribution in [0.4, 0.5) is 0 Å². The van der Waals surface area contributed by atoms with Gasteiger partial charge in [0.1, 0.15) is 17.4 Å². The number of nitrogens with one attached hydrogen (secondary N) is 2. The van der Waals surface area contributed by atoms with Gasteiger partial charge in [0.15, 0.2) is 5.96 Å². The molecule has 29 heavy (non-hydrogen) atoms. The Labute approximate surface area is 171 Å². The summed E-state index contributed by atoms with van der Waals surface area (Å²) in [5.74, 6) is 3.76. The van der Waals surface area contributed by atoms with E-state index in [9.17, 15) is 0 Å². The van der Waals surface area contributed by atoms with E-state index >= 15 is 0 Å². The third kappa shape index (κ3) is 5.80. The molecule has 1 saturated heterocycles. The summed E-state index contributed by atoms with van der Waals surface area (Å²) >= 11 is 0. The molecule has 9 nitrogen and oxygen atoms in total. The molecule has 2 aliphatic rings. The average Bonchev–Trinajstić information content (AvgIpc) is 3.37. The van der Waals surface area contributed by atoms with Crippen LogP contribution >= 0.6 is 0 Å². The highest BCUT2D eigenvalue weighted by atomic mass is 16.5. The fourth-order valence-electron chi connectivity index (χ4n) is 3.78. The maximum absolute atomic E-state index is 5.43. The van der Waals surface area contributed by atoms with Crippen molar-refractivity contribution in [3.63, 3.8) is 0 Å². The van der Waals surface area contributed by atoms with Crippen molar-refractivity contribution in [3.05, 3.63) is 35.8 Å². The zero-order valence-electron chi connectivity index (χ0n) is 17.1. The lowest BCUT2D eigenvalue weighted by Gasteiger charge is -2.27. The van der Waals surface area contributed by atoms with Gasteiger partial charge < -0.3 is 19.8 Å². The van der Waals surface area contributed by atoms with Gasteiger partial charge in [0.25, 0.3) is 0 Å². The van der Waals surface area contributed by atoms with Crippen LogP contribution in [0.15, 0.2) is 27.8 Å². The summed E-state index contributed by atoms with van der Waals surface area (Å²) in [4.78, 5) is 11.7. The third-order valence-electron chi connectivity index (χ3n) is 5.34. The molecule has 2 aliphatic heterocycles. The van der Waals surface area contributed by atoms with E-state index in [1.807, 2.05) is 23.7 Å². The second kappa shape index (κ2) is 9.89. The predicted molar refractivity (Wildman–Crippen MR) is 110 cm³/mol. The van der Waals surface area contributed by atoms with E-state index in [2.05, 4.69) is 25.6 Å². The Morgan fingerprint density at radius 2 is 2.24 bits per heavy atom. The van der Waals surface area contributed by atoms with E-state index in [0.717, 1.165) is 95.1 Å². The lowest BCUT2D eigenvalue weighted by Crippen LogP contribution is -2.48. The zero-order chi connectivity index (χ0) is 19.9. The van der Waals surface area contributed by atoms with E-state index in [1.165, 1.54) is 0 Å². The van der Waals surface area contributed by atoms with Crippen LogP contribution in [0.1, 0.15) is 23.8 Å². The Hall–Kier alpha value is -2.39. The molecule has 0 radical (unpaired) electrons. The summed E-state index contributed by atoms with van der Waals surface area (Å²) in [6.07, 6.45) is 4.51. The van der Waals surface area contributed by atoms with Gasteiger partial charge in [-0.05, 0) is 25.5 Å². The molecule has 4 heterocycles. The van der Waals surface area contributed by atoms with Crippen molar-refractivity contribution in [2.75, 3.05) is 45.9 Å². The molecule has 0 aliphatic carbocycles. The minimum absolute atomic E-state index is 0.293. The highest BCUT2D eigenvalue weighted by molar-refractivity contribution is 5.80. The molecule has 0 aromatic carbocycles. The highest BCUT2D eigenvalue weighted by Gasteiger charge is 2.21. The first-order chi connectivity index (χ1) is 14.3. The Morgan fingerprint density at radius 3 is 3.07 bits per heavy atom. The molecular weight excluding hydrogens is 370 g/mol. The molecule has 0 spiro atoms. The molecule has 0 saturated carbocycles. The summed E-state index contributed by atoms with van der Waals surface area (Å²) in [5, 5.41) is 11.6. The van der Waals surface area contributed by atoms with Crippen molar-refractivity contribution in [1.29, 1.82) is 0 Å². The van der Waals surface area contributed by atoms with Crippen molar-refractivity contribution >= 4 is 5.96 Å². The molecular formula is C20H31N7O2. The molecule has 2 N–H and O–H groups in total. The van der Waals surface area contributed by atoms with Crippen LogP contribution in [-0.2, 0) is 24.1 Å². The van der Waals surface area contributed by atoms with Gasteiger partial charge in [-0.2, -0.15) is 5.10 Å². The number of guanidine groups is 1. The molecule has 2 aromatic rings. The minimum Gasteiger partial charge on any atom is -0.469 e. The second-order valence-corrected chi connectivity index (χ2v) is 7.58. The van der Waals surface area contributed by atoms with Crippen molar-refractivity contribution in [1.82, 2.24) is 30.3 Å². The van der Waals surface area contributed by atoms with Crippen molar-refractivity contribution < 1.29 is 9.15 Å². The van der Waals surface area contributed by atoms with Crippen molar-refractivity contribution in [3.8, 4) is 0 Å². The lowest BCUT2D eigenvalue weighted by molar-refractivity contribution is 0.0394. The summed E-state index contributed by atoms with van der Waals surface area (Å²) < 4.78 is 12.9. The van der Waals surface area contributed by atoms with Crippen molar-refractivity contribution in [2.24, 2.45) is 4.99 Å². The minimum atomic E-state index is 0.293. The molecule has 1 fully saturated rings. The molecule has 1 atom stereocenters. The first-order valence-electron chi connectivity index (χ1n) is 10.5. The number of furan rings is 1. The summed E-state index contributed by atoms with van der Waals surface area (Å²) in [6, 6.07) is 4.21. The highest BCUT2D eigenvalue weighted by Crippen LogP contribution is 2.12. The monoisotopic (exact) mass is 401 g/mol. The van der Waals surface area contributed by atoms with Gasteiger partial charge >= 0.3 is 0 Å². The molecule has 1 unspecified atom stereocenters. The Morgan fingerprint density at radius 1 is 1.34 bits per heavy atom. The van der Waals surface area contributed by atoms with Crippen LogP contribution in [-0.4, -0.2) is 77.6 Å². The standard InChI is InChI=1S/C20H31N7O2/c1-16-23-19-5-4-17(15-27(19)25-16)24-20(21-7-6-18-3-2-12-29-18)22-8-9-26-10-13-28-14-11-26/h2-3,12,17H,4-11,13-15H2,1H3,(H2,21,22,24). The van der Waals surface area contributed by atoms with Gasteiger partial charge in [-0.1, -0.05) is 0 Å². The third-order valence-corrected chi connectivity index (χ3v) is 5.34. The van der Waals surface area contributed by atoms with E-state index in [0.29, 0.717) is 6.04 Å². The summed E-state index contributed by atoms with van der Waals surface area (Å²) in [7, 11) is 0. The normalized spacial score (nSPS) is 20.4. The number of nitrogens with zero attached hydrogens (tertiary/aromatic N) is 5. The Balaban J connectivity index is 1.32. The summed E-state index contributed by atoms with van der Waals surface area (Å²) in [5.41, 5.74) is 0. The lowest BCUT2D eigenvalue weighted by atomic mass is 10.1. The van der Waals surface area contributed by atoms with Crippen molar-refractivity contribution in [2.45, 2.75) is 38.8 Å². The van der Waals surface area contributed by atoms with Crippen LogP contribution in [0.5, 0.6) is 0 Å². The number of fused-ring (bicyclic) bond motifs is 1. The van der Waals surface area contributed by atoms with Gasteiger partial charge in [0.2, 0.25) is 0 Å². The van der Waals surface area contributed by atoms with Gasteiger partial charge in [-0.25, -0.2) is 9.67 Å². The van der Waals surface area contributed by atoms with E-state index in [-0.39, 0.29) is 0 Å². The maximum atomic E-state index is 5.43. The SMILES string of the molecule is Cc1nc2n(n1)CC(NC(=NCCN1CCOCC1)NCCc1ccco1)CC2. The number of ether oxygens (including phenoxy) is 1. The van der Waals surface area contributed by atoms with Gasteiger partial charge in [0, 0.05) is 45.1 Å². The van der Waals surface area contributed by atoms with Gasteiger partial charge in [-0.3, -0.25) is 9.89 Å². The Bertz CT molecular complexity index is 781. The fraction of sp³-hybridized carbons (Fsp3) is 0.650. The topological polar surface area (TPSA) is 92.7 Å².